The maximum Gasteiger partial charge on any atom is 0.118 e. The predicted octanol–water partition coefficient (Wildman–Crippen LogP) is 2.83. The molecule has 0 radical (unpaired) electrons. The zero-order chi connectivity index (χ0) is 14.6. The van der Waals surface area contributed by atoms with Gasteiger partial charge in [0.05, 0.1) is 19.1 Å². The second-order valence-corrected chi connectivity index (χ2v) is 5.96. The van der Waals surface area contributed by atoms with Crippen LogP contribution in [0.4, 0.5) is 0 Å². The van der Waals surface area contributed by atoms with Crippen molar-refractivity contribution < 1.29 is 4.74 Å². The number of hydrogen-bond acceptors (Lipinski definition) is 3. The van der Waals surface area contributed by atoms with Gasteiger partial charge in [-0.05, 0) is 38.5 Å². The number of hydrogen-bond donors (Lipinski definition) is 1. The number of rotatable bonds is 5. The fourth-order valence-electron chi connectivity index (χ4n) is 1.92. The molecule has 0 saturated heterocycles. The van der Waals surface area contributed by atoms with Crippen LogP contribution in [0.25, 0.3) is 0 Å². The van der Waals surface area contributed by atoms with Crippen molar-refractivity contribution in [2.45, 2.75) is 39.4 Å². The number of methoxy groups -OCH3 is 1. The van der Waals surface area contributed by atoms with Crippen molar-refractivity contribution in [1.29, 1.82) is 0 Å². The number of aromatic nitrogens is 2. The van der Waals surface area contributed by atoms with Gasteiger partial charge in [-0.25, -0.2) is 4.98 Å². The van der Waals surface area contributed by atoms with Crippen molar-refractivity contribution in [1.82, 2.24) is 14.9 Å². The largest absolute Gasteiger partial charge is 0.497 e. The molecule has 1 aromatic carbocycles. The average molecular weight is 273 g/mol. The highest BCUT2D eigenvalue weighted by molar-refractivity contribution is 5.27. The Balaban J connectivity index is 2.04. The summed E-state index contributed by atoms with van der Waals surface area (Å²) in [6, 6.07) is 8.14. The Morgan fingerprint density at radius 2 is 1.90 bits per heavy atom. The molecule has 20 heavy (non-hydrogen) atoms. The van der Waals surface area contributed by atoms with Gasteiger partial charge in [-0.3, -0.25) is 0 Å². The van der Waals surface area contributed by atoms with Crippen LogP contribution in [0.5, 0.6) is 5.75 Å². The third-order valence-electron chi connectivity index (χ3n) is 3.11. The first kappa shape index (κ1) is 14.6. The summed E-state index contributed by atoms with van der Waals surface area (Å²) >= 11 is 0. The molecular formula is C16H23N3O. The first-order chi connectivity index (χ1) is 9.48. The maximum absolute atomic E-state index is 5.17. The molecule has 1 heterocycles. The number of nitrogens with one attached hydrogen (secondary N) is 1. The summed E-state index contributed by atoms with van der Waals surface area (Å²) in [5, 5.41) is 3.49. The van der Waals surface area contributed by atoms with Gasteiger partial charge in [0.15, 0.2) is 0 Å². The van der Waals surface area contributed by atoms with Gasteiger partial charge in [0.25, 0.3) is 0 Å². The summed E-state index contributed by atoms with van der Waals surface area (Å²) in [4.78, 5) is 4.25. The van der Waals surface area contributed by atoms with Crippen LogP contribution >= 0.6 is 0 Å². The van der Waals surface area contributed by atoms with Gasteiger partial charge in [0.1, 0.15) is 5.75 Å². The highest BCUT2D eigenvalue weighted by Gasteiger charge is 2.10. The topological polar surface area (TPSA) is 39.1 Å². The normalized spacial score (nSPS) is 11.6. The molecule has 4 heteroatoms. The Bertz CT molecular complexity index is 538. The summed E-state index contributed by atoms with van der Waals surface area (Å²) < 4.78 is 7.34. The van der Waals surface area contributed by atoms with Crippen LogP contribution in [0, 0.1) is 0 Å². The molecule has 0 aliphatic rings. The molecule has 0 aliphatic heterocycles. The van der Waals surface area contributed by atoms with Crippen molar-refractivity contribution >= 4 is 0 Å². The minimum Gasteiger partial charge on any atom is -0.497 e. The summed E-state index contributed by atoms with van der Waals surface area (Å²) in [5.74, 6) is 0.883. The van der Waals surface area contributed by atoms with E-state index in [0.717, 1.165) is 18.8 Å². The quantitative estimate of drug-likeness (QED) is 0.910. The molecule has 0 saturated carbocycles. The van der Waals surface area contributed by atoms with Crippen molar-refractivity contribution in [2.24, 2.45) is 0 Å². The van der Waals surface area contributed by atoms with Gasteiger partial charge < -0.3 is 14.6 Å². The van der Waals surface area contributed by atoms with Crippen LogP contribution in [-0.2, 0) is 13.1 Å². The summed E-state index contributed by atoms with van der Waals surface area (Å²) in [6.07, 6.45) is 3.80. The molecule has 0 aliphatic carbocycles. The van der Waals surface area contributed by atoms with Crippen LogP contribution in [0.2, 0.25) is 0 Å². The van der Waals surface area contributed by atoms with Crippen molar-refractivity contribution in [3.05, 3.63) is 48.0 Å². The van der Waals surface area contributed by atoms with E-state index in [1.807, 2.05) is 24.7 Å². The van der Waals surface area contributed by atoms with E-state index in [-0.39, 0.29) is 5.54 Å². The predicted molar refractivity (Wildman–Crippen MR) is 80.9 cm³/mol. The first-order valence-electron chi connectivity index (χ1n) is 6.85. The zero-order valence-corrected chi connectivity index (χ0v) is 12.7. The molecule has 2 aromatic rings. The van der Waals surface area contributed by atoms with Crippen LogP contribution < -0.4 is 10.1 Å². The number of nitrogens with zero attached hydrogens (tertiary/aromatic N) is 2. The lowest BCUT2D eigenvalue weighted by Gasteiger charge is -2.21. The van der Waals surface area contributed by atoms with Gasteiger partial charge in [-0.1, -0.05) is 12.1 Å². The monoisotopic (exact) mass is 273 g/mol. The fraction of sp³-hybridized carbons (Fsp3) is 0.438. The minimum atomic E-state index is 0.106. The Morgan fingerprint density at radius 1 is 1.20 bits per heavy atom. The lowest BCUT2D eigenvalue weighted by molar-refractivity contribution is 0.414. The highest BCUT2D eigenvalue weighted by Crippen LogP contribution is 2.13. The lowest BCUT2D eigenvalue weighted by Crippen LogP contribution is -2.35. The summed E-state index contributed by atoms with van der Waals surface area (Å²) in [6.45, 7) is 8.14. The van der Waals surface area contributed by atoms with E-state index in [2.05, 4.69) is 47.8 Å². The van der Waals surface area contributed by atoms with E-state index in [4.69, 9.17) is 4.74 Å². The van der Waals surface area contributed by atoms with Gasteiger partial charge in [-0.15, -0.1) is 0 Å². The van der Waals surface area contributed by atoms with E-state index in [0.29, 0.717) is 0 Å². The standard InChI is InChI=1S/C16H23N3O/c1-16(2,3)18-10-14-9-17-12-19(14)11-13-5-7-15(20-4)8-6-13/h5-9,12,18H,10-11H2,1-4H3. The Labute approximate surface area is 120 Å². The van der Waals surface area contributed by atoms with Gasteiger partial charge in [0, 0.05) is 24.8 Å². The molecule has 2 rings (SSSR count). The molecule has 0 fully saturated rings. The fourth-order valence-corrected chi connectivity index (χ4v) is 1.92. The van der Waals surface area contributed by atoms with Gasteiger partial charge >= 0.3 is 0 Å². The van der Waals surface area contributed by atoms with Crippen molar-refractivity contribution in [3.63, 3.8) is 0 Å². The number of benzene rings is 1. The SMILES string of the molecule is COc1ccc(Cn2cncc2CNC(C)(C)C)cc1. The van der Waals surface area contributed by atoms with Crippen molar-refractivity contribution in [2.75, 3.05) is 7.11 Å². The third-order valence-corrected chi connectivity index (χ3v) is 3.11. The smallest absolute Gasteiger partial charge is 0.118 e. The third kappa shape index (κ3) is 4.10. The maximum atomic E-state index is 5.17. The lowest BCUT2D eigenvalue weighted by atomic mass is 10.1. The average Bonchev–Trinajstić information content (AvgIpc) is 2.84. The van der Waals surface area contributed by atoms with E-state index < -0.39 is 0 Å². The molecule has 0 spiro atoms. The number of imidazole rings is 1. The summed E-state index contributed by atoms with van der Waals surface area (Å²) in [5.41, 5.74) is 2.53. The minimum absolute atomic E-state index is 0.106. The van der Waals surface area contributed by atoms with Crippen LogP contribution in [-0.4, -0.2) is 22.2 Å². The molecule has 0 atom stereocenters. The molecule has 0 bridgehead atoms. The second-order valence-electron chi connectivity index (χ2n) is 5.96. The Hall–Kier alpha value is -1.81. The van der Waals surface area contributed by atoms with Crippen LogP contribution in [0.1, 0.15) is 32.0 Å². The Kier molecular flexibility index (Phi) is 4.45. The zero-order valence-electron chi connectivity index (χ0n) is 12.7. The Morgan fingerprint density at radius 3 is 2.50 bits per heavy atom. The molecule has 1 aromatic heterocycles. The van der Waals surface area contributed by atoms with E-state index in [1.54, 1.807) is 7.11 Å². The molecular weight excluding hydrogens is 250 g/mol. The molecule has 0 amide bonds. The van der Waals surface area contributed by atoms with Gasteiger partial charge in [-0.2, -0.15) is 0 Å². The highest BCUT2D eigenvalue weighted by atomic mass is 16.5. The first-order valence-corrected chi connectivity index (χ1v) is 6.85. The number of ether oxygens (including phenoxy) is 1. The summed E-state index contributed by atoms with van der Waals surface area (Å²) in [7, 11) is 1.68. The van der Waals surface area contributed by atoms with Gasteiger partial charge in [0.2, 0.25) is 0 Å². The van der Waals surface area contributed by atoms with Crippen molar-refractivity contribution in [3.8, 4) is 5.75 Å². The van der Waals surface area contributed by atoms with Crippen LogP contribution in [0.15, 0.2) is 36.8 Å². The van der Waals surface area contributed by atoms with E-state index in [9.17, 15) is 0 Å². The molecule has 108 valence electrons. The molecule has 1 N–H and O–H groups in total. The second kappa shape index (κ2) is 6.09. The van der Waals surface area contributed by atoms with E-state index >= 15 is 0 Å². The molecule has 0 unspecified atom stereocenters. The van der Waals surface area contributed by atoms with E-state index in [1.165, 1.54) is 11.3 Å². The van der Waals surface area contributed by atoms with Crippen LogP contribution in [0.3, 0.4) is 0 Å². The molecule has 4 nitrogen and oxygen atoms in total.